The number of phenols is 1. The molecule has 1 unspecified atom stereocenters. The fourth-order valence-corrected chi connectivity index (χ4v) is 1.87. The van der Waals surface area contributed by atoms with Gasteiger partial charge in [0.25, 0.3) is 0 Å². The summed E-state index contributed by atoms with van der Waals surface area (Å²) in [5, 5.41) is 15.2. The molecular formula is C16H25FN2O3. The predicted octanol–water partition coefficient (Wildman–Crippen LogP) is 2.92. The molecule has 1 amide bonds. The Balaban J connectivity index is 2.25. The molecule has 0 saturated heterocycles. The SMILES string of the molecule is CC(CCNCc1cc(O)cc(F)c1)NC(=O)OC(C)(C)C. The second-order valence-corrected chi connectivity index (χ2v) is 6.33. The molecule has 0 bridgehead atoms. The van der Waals surface area contributed by atoms with E-state index >= 15 is 0 Å². The number of carbonyl (C=O) groups excluding carboxylic acids is 1. The molecule has 1 aromatic carbocycles. The third-order valence-corrected chi connectivity index (χ3v) is 2.79. The monoisotopic (exact) mass is 312 g/mol. The first-order valence-electron chi connectivity index (χ1n) is 7.34. The fraction of sp³-hybridized carbons (Fsp3) is 0.562. The van der Waals surface area contributed by atoms with Crippen LogP contribution in [-0.4, -0.2) is 29.4 Å². The molecule has 0 radical (unpaired) electrons. The normalized spacial score (nSPS) is 12.8. The van der Waals surface area contributed by atoms with Crippen molar-refractivity contribution >= 4 is 6.09 Å². The van der Waals surface area contributed by atoms with Crippen molar-refractivity contribution in [3.05, 3.63) is 29.6 Å². The van der Waals surface area contributed by atoms with Gasteiger partial charge < -0.3 is 20.5 Å². The van der Waals surface area contributed by atoms with E-state index in [0.717, 1.165) is 6.07 Å². The molecule has 6 heteroatoms. The molecule has 1 rings (SSSR count). The molecule has 1 atom stereocenters. The lowest BCUT2D eigenvalue weighted by Gasteiger charge is -2.22. The average Bonchev–Trinajstić information content (AvgIpc) is 2.30. The van der Waals surface area contributed by atoms with Crippen LogP contribution in [0.1, 0.15) is 39.7 Å². The zero-order valence-corrected chi connectivity index (χ0v) is 13.6. The molecule has 0 fully saturated rings. The third kappa shape index (κ3) is 7.83. The van der Waals surface area contributed by atoms with Crippen molar-refractivity contribution in [1.29, 1.82) is 0 Å². The molecule has 0 aliphatic heterocycles. The number of alkyl carbamates (subject to hydrolysis) is 1. The molecule has 1 aromatic rings. The zero-order chi connectivity index (χ0) is 16.8. The number of hydrogen-bond acceptors (Lipinski definition) is 4. The number of aromatic hydroxyl groups is 1. The van der Waals surface area contributed by atoms with Gasteiger partial charge in [-0.3, -0.25) is 0 Å². The van der Waals surface area contributed by atoms with Crippen molar-refractivity contribution in [2.45, 2.75) is 52.3 Å². The molecule has 0 spiro atoms. The number of nitrogens with one attached hydrogen (secondary N) is 2. The lowest BCUT2D eigenvalue weighted by atomic mass is 10.2. The zero-order valence-electron chi connectivity index (χ0n) is 13.6. The molecule has 5 nitrogen and oxygen atoms in total. The van der Waals surface area contributed by atoms with Crippen LogP contribution in [0.15, 0.2) is 18.2 Å². The lowest BCUT2D eigenvalue weighted by Crippen LogP contribution is -2.38. The number of phenolic OH excluding ortho intramolecular Hbond substituents is 1. The van der Waals surface area contributed by atoms with Gasteiger partial charge >= 0.3 is 6.09 Å². The van der Waals surface area contributed by atoms with Crippen LogP contribution in [0.25, 0.3) is 0 Å². The Kier molecular flexibility index (Phi) is 6.61. The summed E-state index contributed by atoms with van der Waals surface area (Å²) in [5.74, 6) is -0.548. The maximum atomic E-state index is 13.1. The summed E-state index contributed by atoms with van der Waals surface area (Å²) in [6, 6.07) is 3.91. The molecule has 0 heterocycles. The molecule has 22 heavy (non-hydrogen) atoms. The molecular weight excluding hydrogens is 287 g/mol. The predicted molar refractivity (Wildman–Crippen MR) is 83.2 cm³/mol. The Bertz CT molecular complexity index is 480. The van der Waals surface area contributed by atoms with Crippen molar-refractivity contribution in [2.24, 2.45) is 0 Å². The van der Waals surface area contributed by atoms with Gasteiger partial charge in [0.15, 0.2) is 0 Å². The number of rotatable bonds is 6. The first kappa shape index (κ1) is 18.2. The minimum atomic E-state index is -0.512. The van der Waals surface area contributed by atoms with E-state index in [1.807, 2.05) is 27.7 Å². The van der Waals surface area contributed by atoms with Crippen LogP contribution < -0.4 is 10.6 Å². The van der Waals surface area contributed by atoms with Crippen molar-refractivity contribution < 1.29 is 19.0 Å². The number of halogens is 1. The number of ether oxygens (including phenoxy) is 1. The molecule has 0 saturated carbocycles. The standard InChI is InChI=1S/C16H25FN2O3/c1-11(19-15(21)22-16(2,3)4)5-6-18-10-12-7-13(17)9-14(20)8-12/h7-9,11,18,20H,5-6,10H2,1-4H3,(H,19,21). The Morgan fingerprint density at radius 2 is 2.05 bits per heavy atom. The number of hydrogen-bond donors (Lipinski definition) is 3. The van der Waals surface area contributed by atoms with E-state index in [9.17, 15) is 14.3 Å². The topological polar surface area (TPSA) is 70.6 Å². The van der Waals surface area contributed by atoms with Crippen molar-refractivity contribution in [3.8, 4) is 5.75 Å². The van der Waals surface area contributed by atoms with Gasteiger partial charge in [0.1, 0.15) is 17.2 Å². The Morgan fingerprint density at radius 3 is 2.64 bits per heavy atom. The Hall–Kier alpha value is -1.82. The minimum Gasteiger partial charge on any atom is -0.508 e. The maximum absolute atomic E-state index is 13.1. The van der Waals surface area contributed by atoms with Crippen LogP contribution in [0.4, 0.5) is 9.18 Å². The quantitative estimate of drug-likeness (QED) is 0.706. The van der Waals surface area contributed by atoms with Gasteiger partial charge in [0.2, 0.25) is 0 Å². The van der Waals surface area contributed by atoms with E-state index in [4.69, 9.17) is 4.74 Å². The largest absolute Gasteiger partial charge is 0.508 e. The van der Waals surface area contributed by atoms with E-state index in [0.29, 0.717) is 25.1 Å². The minimum absolute atomic E-state index is 0.0386. The summed E-state index contributed by atoms with van der Waals surface area (Å²) in [4.78, 5) is 11.6. The number of amides is 1. The summed E-state index contributed by atoms with van der Waals surface area (Å²) in [5.41, 5.74) is 0.159. The van der Waals surface area contributed by atoms with Crippen LogP contribution >= 0.6 is 0 Å². The molecule has 0 aromatic heterocycles. The van der Waals surface area contributed by atoms with E-state index in [1.165, 1.54) is 12.1 Å². The summed E-state index contributed by atoms with van der Waals surface area (Å²) < 4.78 is 18.3. The van der Waals surface area contributed by atoms with Gasteiger partial charge in [0, 0.05) is 18.7 Å². The number of benzene rings is 1. The van der Waals surface area contributed by atoms with Gasteiger partial charge in [-0.1, -0.05) is 0 Å². The van der Waals surface area contributed by atoms with Crippen molar-refractivity contribution in [3.63, 3.8) is 0 Å². The highest BCUT2D eigenvalue weighted by Crippen LogP contribution is 2.14. The van der Waals surface area contributed by atoms with Crippen LogP contribution in [0.3, 0.4) is 0 Å². The first-order chi connectivity index (χ1) is 10.2. The van der Waals surface area contributed by atoms with Crippen LogP contribution in [0.5, 0.6) is 5.75 Å². The van der Waals surface area contributed by atoms with E-state index < -0.39 is 17.5 Å². The second kappa shape index (κ2) is 7.98. The van der Waals surface area contributed by atoms with Crippen LogP contribution in [0.2, 0.25) is 0 Å². The highest BCUT2D eigenvalue weighted by atomic mass is 19.1. The third-order valence-electron chi connectivity index (χ3n) is 2.79. The van der Waals surface area contributed by atoms with Crippen LogP contribution in [-0.2, 0) is 11.3 Å². The van der Waals surface area contributed by atoms with Crippen molar-refractivity contribution in [1.82, 2.24) is 10.6 Å². The van der Waals surface area contributed by atoms with Gasteiger partial charge in [-0.05, 0) is 58.4 Å². The highest BCUT2D eigenvalue weighted by molar-refractivity contribution is 5.67. The maximum Gasteiger partial charge on any atom is 0.407 e. The summed E-state index contributed by atoms with van der Waals surface area (Å²) in [7, 11) is 0. The van der Waals surface area contributed by atoms with Gasteiger partial charge in [-0.2, -0.15) is 0 Å². The van der Waals surface area contributed by atoms with Gasteiger partial charge in [-0.25, -0.2) is 9.18 Å². The fourth-order valence-electron chi connectivity index (χ4n) is 1.87. The van der Waals surface area contributed by atoms with Gasteiger partial charge in [0.05, 0.1) is 0 Å². The number of carbonyl (C=O) groups is 1. The van der Waals surface area contributed by atoms with E-state index in [2.05, 4.69) is 10.6 Å². The van der Waals surface area contributed by atoms with E-state index in [1.54, 1.807) is 0 Å². The molecule has 124 valence electrons. The summed E-state index contributed by atoms with van der Waals surface area (Å²) in [6.45, 7) is 8.42. The Labute approximate surface area is 130 Å². The summed E-state index contributed by atoms with van der Waals surface area (Å²) in [6.07, 6.45) is 0.274. The van der Waals surface area contributed by atoms with Gasteiger partial charge in [-0.15, -0.1) is 0 Å². The average molecular weight is 312 g/mol. The van der Waals surface area contributed by atoms with Crippen molar-refractivity contribution in [2.75, 3.05) is 6.54 Å². The second-order valence-electron chi connectivity index (χ2n) is 6.33. The molecule has 0 aliphatic carbocycles. The summed E-state index contributed by atoms with van der Waals surface area (Å²) >= 11 is 0. The molecule has 0 aliphatic rings. The lowest BCUT2D eigenvalue weighted by molar-refractivity contribution is 0.0506. The molecule has 3 N–H and O–H groups in total. The Morgan fingerprint density at radius 1 is 1.36 bits per heavy atom. The smallest absolute Gasteiger partial charge is 0.407 e. The first-order valence-corrected chi connectivity index (χ1v) is 7.34. The van der Waals surface area contributed by atoms with E-state index in [-0.39, 0.29) is 11.8 Å². The van der Waals surface area contributed by atoms with Crippen LogP contribution in [0, 0.1) is 5.82 Å². The highest BCUT2D eigenvalue weighted by Gasteiger charge is 2.17.